The quantitative estimate of drug-likeness (QED) is 0.0277. The summed E-state index contributed by atoms with van der Waals surface area (Å²) in [6.07, 6.45) is 8.84. The second-order valence-corrected chi connectivity index (χ2v) is 18.8. The summed E-state index contributed by atoms with van der Waals surface area (Å²) < 4.78 is 78.6. The molecule has 1 aromatic carbocycles. The first kappa shape index (κ1) is 64.2. The number of aliphatic carboxylic acids is 1. The number of fused-ring (bicyclic) bond motifs is 2. The number of alkyl halides is 4. The predicted octanol–water partition coefficient (Wildman–Crippen LogP) is 11.3. The van der Waals surface area contributed by atoms with E-state index in [0.717, 1.165) is 50.5 Å². The molecule has 0 radical (unpaired) electrons. The standard InChI is InChI=1S/C27H38F2O5.C20H32F2O5.C4H8O2.CH3.Pd/c1-2-3-16-26(28,29)27(32)17-15-22-21(23(30)18-24(22)34-27)13-9-4-5-10-14-25(31)33-19-20-11-7-6-8-12-20;1-2-3-11-19(21,22)20(26)12-10-15-14(16(23)13-17(15)27-20)8-6-4-5-7-9-18(24)25;1-3-6-4(2)5;;/h6-8,11-12,21-22,24,32H,2-5,9-10,13-19H2,1H3;14-15,17,26H,2-13H2,1H3,(H,24,25);3H2,1-2H3;1H3;/q;;;-1;/t21?,22-,24-,27-;14?,15-,17-,20-;;;/m11.../s1. The van der Waals surface area contributed by atoms with Crippen molar-refractivity contribution in [2.75, 3.05) is 6.61 Å². The Morgan fingerprint density at radius 1 is 0.681 bits per heavy atom. The van der Waals surface area contributed by atoms with Gasteiger partial charge in [-0.3, -0.25) is 24.0 Å². The number of hydrogen-bond donors (Lipinski definition) is 3. The number of ether oxygens (including phenoxy) is 4. The van der Waals surface area contributed by atoms with Crippen molar-refractivity contribution >= 4 is 29.5 Å². The van der Waals surface area contributed by atoms with Gasteiger partial charge in [0.25, 0.3) is 0 Å². The Balaban J connectivity index is 0.000000612. The fourth-order valence-electron chi connectivity index (χ4n) is 9.84. The predicted molar refractivity (Wildman–Crippen MR) is 248 cm³/mol. The van der Waals surface area contributed by atoms with Crippen molar-refractivity contribution < 1.29 is 96.2 Å². The number of carbonyl (C=O) groups is 5. The topological polar surface area (TPSA) is 183 Å². The van der Waals surface area contributed by atoms with Crippen LogP contribution in [0.15, 0.2) is 30.3 Å². The molecule has 2 unspecified atom stereocenters. The molecule has 4 fully saturated rings. The van der Waals surface area contributed by atoms with Gasteiger partial charge in [0.1, 0.15) is 18.2 Å². The molecule has 2 heterocycles. The van der Waals surface area contributed by atoms with Gasteiger partial charge in [0.05, 0.1) is 18.8 Å². The van der Waals surface area contributed by atoms with Gasteiger partial charge in [-0.25, -0.2) is 17.6 Å². The number of benzene rings is 1. The molecule has 8 atom stereocenters. The summed E-state index contributed by atoms with van der Waals surface area (Å²) in [5.74, 6) is -13.2. The van der Waals surface area contributed by atoms with E-state index < -0.39 is 54.4 Å². The normalized spacial score (nSPS) is 26.1. The number of ketones is 2. The second kappa shape index (κ2) is 31.6. The Labute approximate surface area is 421 Å². The van der Waals surface area contributed by atoms with E-state index in [0.29, 0.717) is 70.8 Å². The van der Waals surface area contributed by atoms with E-state index in [4.69, 9.17) is 19.3 Å². The molecule has 17 heteroatoms. The average molecular weight is 1080 g/mol. The van der Waals surface area contributed by atoms with Crippen LogP contribution >= 0.6 is 0 Å². The average Bonchev–Trinajstić information content (AvgIpc) is 3.76. The van der Waals surface area contributed by atoms with Crippen LogP contribution in [0.2, 0.25) is 0 Å². The van der Waals surface area contributed by atoms with Gasteiger partial charge in [0, 0.05) is 90.5 Å². The first-order chi connectivity index (χ1) is 31.7. The smallest absolute Gasteiger partial charge is 0.306 e. The molecule has 2 saturated carbocycles. The number of Topliss-reactive ketones (excluding diaryl/α,β-unsaturated/α-hetero) is 2. The Hall–Kier alpha value is -2.81. The van der Waals surface area contributed by atoms with Crippen LogP contribution in [0.25, 0.3) is 0 Å². The largest absolute Gasteiger partial charge is 0.481 e. The Bertz CT molecular complexity index is 1690. The van der Waals surface area contributed by atoms with Gasteiger partial charge in [-0.1, -0.05) is 95.5 Å². The first-order valence-electron chi connectivity index (χ1n) is 24.9. The van der Waals surface area contributed by atoms with Crippen LogP contribution in [0.4, 0.5) is 17.6 Å². The van der Waals surface area contributed by atoms with Crippen LogP contribution < -0.4 is 0 Å². The molecular weight excluding hydrogens is 999 g/mol. The number of esters is 2. The van der Waals surface area contributed by atoms with E-state index in [2.05, 4.69) is 4.74 Å². The first-order valence-corrected chi connectivity index (χ1v) is 24.9. The fraction of sp³-hybridized carbons (Fsp3) is 0.769. The van der Waals surface area contributed by atoms with Gasteiger partial charge in [0.15, 0.2) is 0 Å². The Morgan fingerprint density at radius 2 is 1.12 bits per heavy atom. The zero-order chi connectivity index (χ0) is 49.7. The third-order valence-corrected chi connectivity index (χ3v) is 13.7. The molecule has 3 N–H and O–H groups in total. The van der Waals surface area contributed by atoms with Crippen molar-refractivity contribution in [3.05, 3.63) is 43.3 Å². The van der Waals surface area contributed by atoms with Crippen LogP contribution in [0.1, 0.15) is 187 Å². The van der Waals surface area contributed by atoms with Crippen LogP contribution in [-0.4, -0.2) is 87.0 Å². The van der Waals surface area contributed by atoms with Crippen molar-refractivity contribution in [1.82, 2.24) is 0 Å². The maximum absolute atomic E-state index is 14.6. The van der Waals surface area contributed by atoms with Gasteiger partial charge in [0.2, 0.25) is 11.6 Å². The molecule has 5 rings (SSSR count). The van der Waals surface area contributed by atoms with E-state index in [1.54, 1.807) is 6.92 Å². The summed E-state index contributed by atoms with van der Waals surface area (Å²) in [6.45, 7) is 7.59. The van der Waals surface area contributed by atoms with E-state index >= 15 is 0 Å². The Kier molecular flexibility index (Phi) is 29.4. The molecule has 0 spiro atoms. The van der Waals surface area contributed by atoms with E-state index in [1.165, 1.54) is 6.92 Å². The van der Waals surface area contributed by atoms with Crippen LogP contribution in [0, 0.1) is 31.1 Å². The van der Waals surface area contributed by atoms with E-state index in [9.17, 15) is 51.7 Å². The SMILES string of the molecule is CCCCC(F)(F)[C@@]1(O)CC[C@@H]2C(CCCCCCC(=O)O)C(=O)C[C@H]2O1.CCCCC(F)(F)[C@@]1(O)CC[C@@H]2C(CCCCCCC(=O)OCc3ccccc3)C(=O)C[C@H]2O1.CCOC(C)=O.[CH3-].[Pd]. The molecule has 0 bridgehead atoms. The van der Waals surface area contributed by atoms with Crippen LogP contribution in [0.3, 0.4) is 0 Å². The number of carboxylic acid groups (broad SMARTS) is 1. The molecule has 2 saturated heterocycles. The van der Waals surface area contributed by atoms with Crippen molar-refractivity contribution in [2.24, 2.45) is 23.7 Å². The monoisotopic (exact) mass is 1080 g/mol. The molecule has 4 aliphatic rings. The molecular formula is C52H81F4O12Pd-. The molecule has 400 valence electrons. The number of aliphatic hydroxyl groups is 2. The zero-order valence-corrected chi connectivity index (χ0v) is 43.1. The molecule has 2 aliphatic heterocycles. The molecule has 1 aromatic rings. The maximum Gasteiger partial charge on any atom is 0.306 e. The molecule has 12 nitrogen and oxygen atoms in total. The van der Waals surface area contributed by atoms with Crippen LogP contribution in [0.5, 0.6) is 0 Å². The Morgan fingerprint density at radius 3 is 1.51 bits per heavy atom. The van der Waals surface area contributed by atoms with Gasteiger partial charge < -0.3 is 41.7 Å². The summed E-state index contributed by atoms with van der Waals surface area (Å²) in [5.41, 5.74) is 0.963. The van der Waals surface area contributed by atoms with E-state index in [1.807, 2.05) is 44.2 Å². The van der Waals surface area contributed by atoms with Crippen molar-refractivity contribution in [1.29, 1.82) is 0 Å². The molecule has 0 amide bonds. The minimum Gasteiger partial charge on any atom is -0.481 e. The molecule has 0 aromatic heterocycles. The number of carboxylic acids is 1. The minimum atomic E-state index is -3.31. The minimum absolute atomic E-state index is 0. The van der Waals surface area contributed by atoms with E-state index in [-0.39, 0.29) is 114 Å². The number of halogens is 4. The molecule has 2 aliphatic carbocycles. The van der Waals surface area contributed by atoms with Crippen molar-refractivity contribution in [2.45, 2.75) is 224 Å². The third-order valence-electron chi connectivity index (χ3n) is 13.7. The summed E-state index contributed by atoms with van der Waals surface area (Å²) in [7, 11) is 0. The van der Waals surface area contributed by atoms with Gasteiger partial charge in [-0.15, -0.1) is 0 Å². The number of hydrogen-bond acceptors (Lipinski definition) is 11. The van der Waals surface area contributed by atoms with Gasteiger partial charge in [-0.05, 0) is 75.7 Å². The summed E-state index contributed by atoms with van der Waals surface area (Å²) in [5, 5.41) is 29.6. The summed E-state index contributed by atoms with van der Waals surface area (Å²) >= 11 is 0. The van der Waals surface area contributed by atoms with Crippen molar-refractivity contribution in [3.63, 3.8) is 0 Å². The summed E-state index contributed by atoms with van der Waals surface area (Å²) in [6, 6.07) is 9.56. The second-order valence-electron chi connectivity index (χ2n) is 18.8. The molecule has 69 heavy (non-hydrogen) atoms. The third kappa shape index (κ3) is 20.3. The van der Waals surface area contributed by atoms with Crippen molar-refractivity contribution in [3.8, 4) is 0 Å². The number of carbonyl (C=O) groups excluding carboxylic acids is 4. The van der Waals surface area contributed by atoms with Gasteiger partial charge >= 0.3 is 29.8 Å². The number of rotatable bonds is 25. The summed E-state index contributed by atoms with van der Waals surface area (Å²) in [4.78, 5) is 57.1. The number of unbranched alkanes of at least 4 members (excludes halogenated alkanes) is 8. The zero-order valence-electron chi connectivity index (χ0n) is 41.6. The van der Waals surface area contributed by atoms with Gasteiger partial charge in [-0.2, -0.15) is 0 Å². The fourth-order valence-corrected chi connectivity index (χ4v) is 9.84. The maximum atomic E-state index is 14.6. The van der Waals surface area contributed by atoms with Crippen LogP contribution in [-0.2, 0) is 69.9 Å².